The Balaban J connectivity index is 1.34. The summed E-state index contributed by atoms with van der Waals surface area (Å²) in [4.78, 5) is 20.6. The van der Waals surface area contributed by atoms with Crippen LogP contribution in [0, 0.1) is 11.8 Å². The first kappa shape index (κ1) is 18.6. The second-order valence-corrected chi connectivity index (χ2v) is 8.97. The van der Waals surface area contributed by atoms with Crippen LogP contribution in [0.1, 0.15) is 41.9 Å². The first-order chi connectivity index (χ1) is 14.1. The molecule has 29 heavy (non-hydrogen) atoms. The van der Waals surface area contributed by atoms with E-state index in [0.29, 0.717) is 29.9 Å². The molecule has 3 aliphatic rings. The quantitative estimate of drug-likeness (QED) is 0.857. The fourth-order valence-electron chi connectivity index (χ4n) is 5.92. The molecule has 0 spiro atoms. The van der Waals surface area contributed by atoms with E-state index in [9.17, 15) is 9.90 Å². The Hall–Kier alpha value is -2.41. The molecule has 7 heteroatoms. The zero-order valence-electron chi connectivity index (χ0n) is 16.9. The van der Waals surface area contributed by atoms with Crippen LogP contribution < -0.4 is 4.90 Å². The lowest BCUT2D eigenvalue weighted by molar-refractivity contribution is -0.0189. The number of benzene rings is 1. The van der Waals surface area contributed by atoms with Crippen LogP contribution in [0.25, 0.3) is 0 Å². The molecular weight excluding hydrogens is 366 g/mol. The van der Waals surface area contributed by atoms with Gasteiger partial charge in [-0.1, -0.05) is 36.8 Å². The lowest BCUT2D eigenvalue weighted by atomic mass is 9.74. The molecule has 1 N–H and O–H groups in total. The SMILES string of the molecule is Cn1nc(C(=O)O)nc1N1C[C@@H]2C[C@H](C1)[C@@H]1CCC[C@H](Cc3ccccc3)N1C2. The van der Waals surface area contributed by atoms with Gasteiger partial charge in [-0.3, -0.25) is 4.90 Å². The monoisotopic (exact) mass is 395 g/mol. The number of hydrogen-bond acceptors (Lipinski definition) is 5. The standard InChI is InChI=1S/C22H29N5O2/c1-25-22(23-20(24-25)21(28)29)26-12-16-10-17(14-26)19-9-5-8-18(27(19)13-16)11-15-6-3-2-4-7-15/h2-4,6-7,16-19H,5,8-14H2,1H3,(H,28,29)/t16-,17+,18+,19-/m0/s1. The van der Waals surface area contributed by atoms with E-state index in [4.69, 9.17) is 0 Å². The van der Waals surface area contributed by atoms with Crippen LogP contribution >= 0.6 is 0 Å². The molecule has 2 bridgehead atoms. The van der Waals surface area contributed by atoms with Crippen molar-refractivity contribution in [2.45, 2.75) is 44.2 Å². The first-order valence-corrected chi connectivity index (χ1v) is 10.8. The van der Waals surface area contributed by atoms with Gasteiger partial charge in [0.2, 0.25) is 5.95 Å². The fraction of sp³-hybridized carbons (Fsp3) is 0.591. The Morgan fingerprint density at radius 3 is 2.76 bits per heavy atom. The highest BCUT2D eigenvalue weighted by molar-refractivity contribution is 5.83. The molecule has 4 heterocycles. The number of anilines is 1. The summed E-state index contributed by atoms with van der Waals surface area (Å²) in [6.07, 6.45) is 6.29. The van der Waals surface area contributed by atoms with Gasteiger partial charge in [0.15, 0.2) is 0 Å². The molecule has 3 fully saturated rings. The Kier molecular flexibility index (Phi) is 4.78. The highest BCUT2D eigenvalue weighted by Gasteiger charge is 2.45. The molecule has 1 aromatic heterocycles. The Labute approximate surface area is 171 Å². The van der Waals surface area contributed by atoms with Gasteiger partial charge < -0.3 is 10.0 Å². The van der Waals surface area contributed by atoms with Crippen LogP contribution in [0.3, 0.4) is 0 Å². The predicted octanol–water partition coefficient (Wildman–Crippen LogP) is 2.44. The zero-order chi connectivity index (χ0) is 20.0. The maximum absolute atomic E-state index is 11.3. The van der Waals surface area contributed by atoms with Gasteiger partial charge in [0.1, 0.15) is 0 Å². The number of piperidine rings is 3. The molecule has 154 valence electrons. The van der Waals surface area contributed by atoms with Crippen molar-refractivity contribution in [2.75, 3.05) is 24.5 Å². The smallest absolute Gasteiger partial charge is 0.375 e. The minimum Gasteiger partial charge on any atom is -0.475 e. The summed E-state index contributed by atoms with van der Waals surface area (Å²) in [5, 5.41) is 13.3. The van der Waals surface area contributed by atoms with Crippen molar-refractivity contribution in [2.24, 2.45) is 18.9 Å². The first-order valence-electron chi connectivity index (χ1n) is 10.8. The summed E-state index contributed by atoms with van der Waals surface area (Å²) in [5.74, 6) is 0.742. The number of aryl methyl sites for hydroxylation is 1. The molecule has 4 atom stereocenters. The summed E-state index contributed by atoms with van der Waals surface area (Å²) < 4.78 is 1.63. The number of nitrogens with zero attached hydrogens (tertiary/aromatic N) is 5. The van der Waals surface area contributed by atoms with E-state index in [1.54, 1.807) is 11.7 Å². The number of rotatable bonds is 4. The summed E-state index contributed by atoms with van der Waals surface area (Å²) in [5.41, 5.74) is 1.44. The van der Waals surface area contributed by atoms with Gasteiger partial charge >= 0.3 is 5.97 Å². The molecule has 0 unspecified atom stereocenters. The van der Waals surface area contributed by atoms with Gasteiger partial charge in [0.05, 0.1) is 0 Å². The molecule has 3 aliphatic heterocycles. The Morgan fingerprint density at radius 2 is 2.00 bits per heavy atom. The minimum atomic E-state index is -1.06. The van der Waals surface area contributed by atoms with Crippen molar-refractivity contribution in [3.8, 4) is 0 Å². The molecular formula is C22H29N5O2. The van der Waals surface area contributed by atoms with Gasteiger partial charge in [-0.2, -0.15) is 4.98 Å². The zero-order valence-corrected chi connectivity index (χ0v) is 16.9. The minimum absolute atomic E-state index is 0.111. The van der Waals surface area contributed by atoms with Crippen LogP contribution in [0.2, 0.25) is 0 Å². The van der Waals surface area contributed by atoms with E-state index in [-0.39, 0.29) is 5.82 Å². The van der Waals surface area contributed by atoms with Crippen molar-refractivity contribution in [1.29, 1.82) is 0 Å². The van der Waals surface area contributed by atoms with Crippen LogP contribution in [0.15, 0.2) is 30.3 Å². The van der Waals surface area contributed by atoms with E-state index >= 15 is 0 Å². The maximum atomic E-state index is 11.3. The predicted molar refractivity (Wildman–Crippen MR) is 110 cm³/mol. The van der Waals surface area contributed by atoms with Gasteiger partial charge in [0, 0.05) is 38.8 Å². The normalized spacial score (nSPS) is 29.5. The van der Waals surface area contributed by atoms with Gasteiger partial charge in [-0.05, 0) is 43.1 Å². The van der Waals surface area contributed by atoms with E-state index in [1.807, 2.05) is 0 Å². The van der Waals surface area contributed by atoms with Crippen molar-refractivity contribution in [1.82, 2.24) is 19.7 Å². The van der Waals surface area contributed by atoms with Crippen molar-refractivity contribution < 1.29 is 9.90 Å². The number of carbonyl (C=O) groups is 1. The summed E-state index contributed by atoms with van der Waals surface area (Å²) in [6.45, 7) is 3.02. The third kappa shape index (κ3) is 3.52. The van der Waals surface area contributed by atoms with Crippen LogP contribution in [0.5, 0.6) is 0 Å². The van der Waals surface area contributed by atoms with Crippen molar-refractivity contribution in [3.63, 3.8) is 0 Å². The molecule has 5 rings (SSSR count). The van der Waals surface area contributed by atoms with E-state index < -0.39 is 5.97 Å². The highest BCUT2D eigenvalue weighted by Crippen LogP contribution is 2.41. The largest absolute Gasteiger partial charge is 0.475 e. The topological polar surface area (TPSA) is 74.5 Å². The lowest BCUT2D eigenvalue weighted by Crippen LogP contribution is -2.62. The number of aromatic carboxylic acids is 1. The Bertz CT molecular complexity index is 883. The van der Waals surface area contributed by atoms with Gasteiger partial charge in [0.25, 0.3) is 5.82 Å². The second-order valence-electron chi connectivity index (χ2n) is 8.97. The molecule has 0 radical (unpaired) electrons. The molecule has 0 aliphatic carbocycles. The average molecular weight is 396 g/mol. The van der Waals surface area contributed by atoms with Crippen LogP contribution in [-0.2, 0) is 13.5 Å². The molecule has 0 amide bonds. The number of fused-ring (bicyclic) bond motifs is 4. The van der Waals surface area contributed by atoms with Gasteiger partial charge in [-0.25, -0.2) is 9.48 Å². The van der Waals surface area contributed by atoms with E-state index in [2.05, 4.69) is 50.2 Å². The Morgan fingerprint density at radius 1 is 1.17 bits per heavy atom. The third-order valence-electron chi connectivity index (χ3n) is 7.04. The van der Waals surface area contributed by atoms with Crippen molar-refractivity contribution in [3.05, 3.63) is 41.7 Å². The van der Waals surface area contributed by atoms with Crippen molar-refractivity contribution >= 4 is 11.9 Å². The number of carboxylic acid groups (broad SMARTS) is 1. The third-order valence-corrected chi connectivity index (χ3v) is 7.04. The maximum Gasteiger partial charge on any atom is 0.375 e. The lowest BCUT2D eigenvalue weighted by Gasteiger charge is -2.55. The van der Waals surface area contributed by atoms with E-state index in [0.717, 1.165) is 26.1 Å². The second kappa shape index (κ2) is 7.44. The number of carboxylic acids is 1. The number of hydrogen-bond donors (Lipinski definition) is 1. The van der Waals surface area contributed by atoms with E-state index in [1.165, 1.54) is 31.2 Å². The molecule has 2 aromatic rings. The molecule has 0 saturated carbocycles. The average Bonchev–Trinajstić information content (AvgIpc) is 3.11. The fourth-order valence-corrected chi connectivity index (χ4v) is 5.92. The summed E-state index contributed by atoms with van der Waals surface area (Å²) in [6, 6.07) is 12.2. The molecule has 3 saturated heterocycles. The summed E-state index contributed by atoms with van der Waals surface area (Å²) in [7, 11) is 1.79. The summed E-state index contributed by atoms with van der Waals surface area (Å²) >= 11 is 0. The molecule has 1 aromatic carbocycles. The number of aromatic nitrogens is 3. The van der Waals surface area contributed by atoms with Gasteiger partial charge in [-0.15, -0.1) is 5.10 Å². The van der Waals surface area contributed by atoms with Crippen LogP contribution in [-0.4, -0.2) is 62.5 Å². The highest BCUT2D eigenvalue weighted by atomic mass is 16.4. The molecule has 7 nitrogen and oxygen atoms in total. The van der Waals surface area contributed by atoms with Crippen LogP contribution in [0.4, 0.5) is 5.95 Å².